The summed E-state index contributed by atoms with van der Waals surface area (Å²) >= 11 is 18.6. The highest BCUT2D eigenvalue weighted by Gasteiger charge is 2.38. The van der Waals surface area contributed by atoms with E-state index < -0.39 is 0 Å². The first-order valence-corrected chi connectivity index (χ1v) is 9.50. The largest absolute Gasteiger partial charge is 0.359 e. The predicted molar refractivity (Wildman–Crippen MR) is 108 cm³/mol. The third-order valence-electron chi connectivity index (χ3n) is 4.76. The fourth-order valence-corrected chi connectivity index (χ4v) is 4.24. The molecule has 0 radical (unpaired) electrons. The van der Waals surface area contributed by atoms with E-state index in [0.717, 1.165) is 11.3 Å². The van der Waals surface area contributed by atoms with Gasteiger partial charge in [0.2, 0.25) is 5.91 Å². The van der Waals surface area contributed by atoms with E-state index in [1.54, 1.807) is 13.0 Å². The zero-order chi connectivity index (χ0) is 18.8. The Hall–Kier alpha value is -1.46. The summed E-state index contributed by atoms with van der Waals surface area (Å²) in [6.07, 6.45) is 0. The molecule has 1 unspecified atom stereocenters. The number of amides is 1. The molecule has 0 saturated carbocycles. The molecule has 1 saturated heterocycles. The summed E-state index contributed by atoms with van der Waals surface area (Å²) in [5.41, 5.74) is 7.99. The molecule has 1 aliphatic rings. The Morgan fingerprint density at radius 3 is 2.31 bits per heavy atom. The van der Waals surface area contributed by atoms with E-state index >= 15 is 0 Å². The molecule has 0 aromatic heterocycles. The predicted octanol–water partition coefficient (Wildman–Crippen LogP) is 4.38. The standard InChI is InChI=1S/C19H20Cl3N3O/c1-12(26)24-8-9-25(17-7-6-15(21)10-16(17)22)19(18(24)11-23)13-2-4-14(20)5-3-13/h2-7,10,18-19H,8-9,11,23H2,1H3/t18?,19-/m0/s1. The van der Waals surface area contributed by atoms with Crippen LogP contribution in [0.4, 0.5) is 5.69 Å². The number of anilines is 1. The Morgan fingerprint density at radius 1 is 1.08 bits per heavy atom. The lowest BCUT2D eigenvalue weighted by atomic mass is 9.93. The molecule has 4 nitrogen and oxygen atoms in total. The molecule has 2 atom stereocenters. The monoisotopic (exact) mass is 411 g/mol. The van der Waals surface area contributed by atoms with Crippen molar-refractivity contribution in [3.8, 4) is 0 Å². The van der Waals surface area contributed by atoms with Crippen LogP contribution in [-0.4, -0.2) is 36.5 Å². The summed E-state index contributed by atoms with van der Waals surface area (Å²) in [4.78, 5) is 16.2. The molecule has 2 aromatic rings. The van der Waals surface area contributed by atoms with Crippen LogP contribution in [0, 0.1) is 0 Å². The van der Waals surface area contributed by atoms with E-state index in [-0.39, 0.29) is 18.0 Å². The Morgan fingerprint density at radius 2 is 1.73 bits per heavy atom. The van der Waals surface area contributed by atoms with Crippen LogP contribution in [0.1, 0.15) is 18.5 Å². The average molecular weight is 413 g/mol. The normalized spacial score (nSPS) is 20.3. The maximum Gasteiger partial charge on any atom is 0.219 e. The van der Waals surface area contributed by atoms with Gasteiger partial charge in [-0.3, -0.25) is 4.79 Å². The van der Waals surface area contributed by atoms with Crippen LogP contribution in [0.5, 0.6) is 0 Å². The van der Waals surface area contributed by atoms with Gasteiger partial charge in [-0.15, -0.1) is 0 Å². The van der Waals surface area contributed by atoms with Crippen molar-refractivity contribution < 1.29 is 4.79 Å². The minimum absolute atomic E-state index is 0.0151. The Bertz CT molecular complexity index is 797. The van der Waals surface area contributed by atoms with Crippen molar-refractivity contribution in [2.75, 3.05) is 24.5 Å². The Labute approximate surface area is 168 Å². The van der Waals surface area contributed by atoms with Crippen LogP contribution in [0.3, 0.4) is 0 Å². The molecule has 0 bridgehead atoms. The van der Waals surface area contributed by atoms with Gasteiger partial charge in [0.05, 0.1) is 22.8 Å². The lowest BCUT2D eigenvalue weighted by Crippen LogP contribution is -2.59. The molecule has 26 heavy (non-hydrogen) atoms. The smallest absolute Gasteiger partial charge is 0.219 e. The van der Waals surface area contributed by atoms with Gasteiger partial charge in [0.15, 0.2) is 0 Å². The SMILES string of the molecule is CC(=O)N1CCN(c2ccc(Cl)cc2Cl)[C@@H](c2ccc(Cl)cc2)C1CN. The molecule has 1 heterocycles. The zero-order valence-electron chi connectivity index (χ0n) is 14.3. The van der Waals surface area contributed by atoms with Gasteiger partial charge in [0, 0.05) is 36.6 Å². The second kappa shape index (κ2) is 8.05. The van der Waals surface area contributed by atoms with E-state index in [9.17, 15) is 4.79 Å². The fraction of sp³-hybridized carbons (Fsp3) is 0.316. The molecule has 1 fully saturated rings. The summed E-state index contributed by atoms with van der Waals surface area (Å²) in [5.74, 6) is 0.0151. The van der Waals surface area contributed by atoms with Crippen molar-refractivity contribution in [3.63, 3.8) is 0 Å². The lowest BCUT2D eigenvalue weighted by Gasteiger charge is -2.48. The van der Waals surface area contributed by atoms with Gasteiger partial charge in [-0.05, 0) is 35.9 Å². The summed E-state index contributed by atoms with van der Waals surface area (Å²) in [6, 6.07) is 12.8. The number of carbonyl (C=O) groups is 1. The Balaban J connectivity index is 2.09. The number of rotatable bonds is 3. The quantitative estimate of drug-likeness (QED) is 0.813. The molecule has 3 rings (SSSR count). The number of piperazine rings is 1. The van der Waals surface area contributed by atoms with Crippen LogP contribution in [-0.2, 0) is 4.79 Å². The van der Waals surface area contributed by atoms with Gasteiger partial charge >= 0.3 is 0 Å². The van der Waals surface area contributed by atoms with Crippen LogP contribution in [0.15, 0.2) is 42.5 Å². The molecule has 0 aliphatic carbocycles. The third-order valence-corrected chi connectivity index (χ3v) is 5.55. The number of benzene rings is 2. The van der Waals surface area contributed by atoms with Crippen molar-refractivity contribution in [1.29, 1.82) is 0 Å². The van der Waals surface area contributed by atoms with Crippen LogP contribution in [0.25, 0.3) is 0 Å². The van der Waals surface area contributed by atoms with E-state index in [4.69, 9.17) is 40.5 Å². The number of hydrogen-bond acceptors (Lipinski definition) is 3. The zero-order valence-corrected chi connectivity index (χ0v) is 16.6. The number of nitrogens with zero attached hydrogens (tertiary/aromatic N) is 2. The highest BCUT2D eigenvalue weighted by Crippen LogP contribution is 2.39. The summed E-state index contributed by atoms with van der Waals surface area (Å²) in [6.45, 7) is 3.14. The van der Waals surface area contributed by atoms with Crippen molar-refractivity contribution in [3.05, 3.63) is 63.1 Å². The van der Waals surface area contributed by atoms with Gasteiger partial charge in [-0.1, -0.05) is 46.9 Å². The van der Waals surface area contributed by atoms with Crippen LogP contribution >= 0.6 is 34.8 Å². The maximum absolute atomic E-state index is 12.1. The molecular weight excluding hydrogens is 393 g/mol. The first-order chi connectivity index (χ1) is 12.4. The van der Waals surface area contributed by atoms with Crippen molar-refractivity contribution >= 4 is 46.4 Å². The minimum atomic E-state index is -0.172. The Kier molecular flexibility index (Phi) is 5.98. The summed E-state index contributed by atoms with van der Waals surface area (Å²) < 4.78 is 0. The first-order valence-electron chi connectivity index (χ1n) is 8.37. The van der Waals surface area contributed by atoms with E-state index in [1.165, 1.54) is 0 Å². The van der Waals surface area contributed by atoms with Crippen LogP contribution in [0.2, 0.25) is 15.1 Å². The molecule has 138 valence electrons. The second-order valence-electron chi connectivity index (χ2n) is 6.30. The highest BCUT2D eigenvalue weighted by molar-refractivity contribution is 6.36. The molecule has 0 spiro atoms. The molecule has 2 N–H and O–H groups in total. The summed E-state index contributed by atoms with van der Waals surface area (Å²) in [5, 5.41) is 1.82. The van der Waals surface area contributed by atoms with Crippen molar-refractivity contribution in [1.82, 2.24) is 4.90 Å². The lowest BCUT2D eigenvalue weighted by molar-refractivity contribution is -0.132. The van der Waals surface area contributed by atoms with Crippen molar-refractivity contribution in [2.24, 2.45) is 5.73 Å². The second-order valence-corrected chi connectivity index (χ2v) is 7.58. The minimum Gasteiger partial charge on any atom is -0.359 e. The number of nitrogens with two attached hydrogens (primary N) is 1. The van der Waals surface area contributed by atoms with Crippen LogP contribution < -0.4 is 10.6 Å². The highest BCUT2D eigenvalue weighted by atomic mass is 35.5. The molecule has 2 aromatic carbocycles. The van der Waals surface area contributed by atoms with E-state index in [1.807, 2.05) is 41.3 Å². The van der Waals surface area contributed by atoms with Gasteiger partial charge < -0.3 is 15.5 Å². The van der Waals surface area contributed by atoms with Gasteiger partial charge in [0.25, 0.3) is 0 Å². The van der Waals surface area contributed by atoms with Gasteiger partial charge in [0.1, 0.15) is 0 Å². The average Bonchev–Trinajstić information content (AvgIpc) is 2.61. The molecule has 1 amide bonds. The number of halogens is 3. The third kappa shape index (κ3) is 3.79. The maximum atomic E-state index is 12.1. The van der Waals surface area contributed by atoms with E-state index in [2.05, 4.69) is 4.90 Å². The molecular formula is C19H20Cl3N3O. The molecule has 1 aliphatic heterocycles. The topological polar surface area (TPSA) is 49.6 Å². The summed E-state index contributed by atoms with van der Waals surface area (Å²) in [7, 11) is 0. The fourth-order valence-electron chi connectivity index (χ4n) is 3.59. The van der Waals surface area contributed by atoms with E-state index in [0.29, 0.717) is 34.7 Å². The molecule has 7 heteroatoms. The number of carbonyl (C=O) groups excluding carboxylic acids is 1. The van der Waals surface area contributed by atoms with Crippen molar-refractivity contribution in [2.45, 2.75) is 19.0 Å². The first kappa shape index (κ1) is 19.3. The van der Waals surface area contributed by atoms with Gasteiger partial charge in [-0.2, -0.15) is 0 Å². The number of hydrogen-bond donors (Lipinski definition) is 1. The van der Waals surface area contributed by atoms with Gasteiger partial charge in [-0.25, -0.2) is 0 Å².